The SMILES string of the molecule is O=C(O)CCCCCCCCCCCCCc1cc(Oc2ccc(S(=O)(=O)Nc3ccc(C(=O)NCCOCCOCC(=O)CCCOCCOCC(=O)O)cn3)cc2)ccc1F. The van der Waals surface area contributed by atoms with Gasteiger partial charge in [0, 0.05) is 32.2 Å². The van der Waals surface area contributed by atoms with E-state index in [0.717, 1.165) is 51.4 Å². The van der Waals surface area contributed by atoms with Crippen LogP contribution in [0.3, 0.4) is 0 Å². The number of hydrogen-bond acceptors (Lipinski definition) is 12. The van der Waals surface area contributed by atoms with Crippen LogP contribution in [0.5, 0.6) is 11.5 Å². The minimum absolute atomic E-state index is 0.0132. The normalized spacial score (nSPS) is 11.3. The second-order valence-corrected chi connectivity index (χ2v) is 16.5. The molecule has 0 atom stereocenters. The Morgan fingerprint density at radius 1 is 0.619 bits per heavy atom. The fraction of sp³-hybridized carbons (Fsp3) is 0.533. The third-order valence-corrected chi connectivity index (χ3v) is 10.9. The number of aryl methyl sites for hydroxylation is 1. The topological polar surface area (TPSA) is 226 Å². The van der Waals surface area contributed by atoms with E-state index in [9.17, 15) is 32.0 Å². The first kappa shape index (κ1) is 52.3. The van der Waals surface area contributed by atoms with Gasteiger partial charge in [-0.2, -0.15) is 0 Å². The number of anilines is 1. The quantitative estimate of drug-likeness (QED) is 0.0415. The summed E-state index contributed by atoms with van der Waals surface area (Å²) in [5.74, 6) is -1.76. The molecule has 0 saturated carbocycles. The molecule has 1 amide bonds. The molecule has 0 unspecified atom stereocenters. The molecule has 348 valence electrons. The number of pyridine rings is 1. The number of carboxylic acids is 2. The summed E-state index contributed by atoms with van der Waals surface area (Å²) in [5, 5.41) is 19.9. The van der Waals surface area contributed by atoms with Crippen molar-refractivity contribution in [3.63, 3.8) is 0 Å². The molecule has 3 rings (SSSR count). The van der Waals surface area contributed by atoms with Crippen molar-refractivity contribution in [1.82, 2.24) is 10.3 Å². The molecular formula is C45H62FN3O13S. The van der Waals surface area contributed by atoms with Gasteiger partial charge in [-0.3, -0.25) is 19.1 Å². The molecule has 0 radical (unpaired) electrons. The number of carboxylic acid groups (broad SMARTS) is 2. The van der Waals surface area contributed by atoms with Gasteiger partial charge in [0.2, 0.25) is 0 Å². The van der Waals surface area contributed by atoms with Crippen LogP contribution in [0.2, 0.25) is 0 Å². The standard InChI is InChI=1S/C45H62FN3O13S/c46-41-22-19-39(31-35(41)13-10-8-6-4-2-1-3-5-7-9-11-15-43(51)52)62-38-17-20-40(21-18-38)63(56,57)49-42-23-16-36(32-48-42)45(55)47-24-26-59-28-29-60-33-37(50)14-12-25-58-27-30-61-34-44(53)54/h16-23,31-32H,1-15,24-30,33-34H2,(H,47,55)(H,48,49)(H,51,52)(H,53,54). The summed E-state index contributed by atoms with van der Waals surface area (Å²) in [4.78, 5) is 49.4. The fourth-order valence-electron chi connectivity index (χ4n) is 6.16. The molecule has 18 heteroatoms. The lowest BCUT2D eigenvalue weighted by molar-refractivity contribution is -0.143. The smallest absolute Gasteiger partial charge is 0.329 e. The van der Waals surface area contributed by atoms with Crippen LogP contribution in [0, 0.1) is 5.82 Å². The number of benzene rings is 2. The molecule has 1 aromatic heterocycles. The Labute approximate surface area is 369 Å². The van der Waals surface area contributed by atoms with Crippen LogP contribution in [0.15, 0.2) is 65.7 Å². The number of amides is 1. The average Bonchev–Trinajstić information content (AvgIpc) is 3.25. The van der Waals surface area contributed by atoms with Crippen molar-refractivity contribution < 1.29 is 65.9 Å². The van der Waals surface area contributed by atoms with Crippen molar-refractivity contribution in [3.8, 4) is 11.5 Å². The summed E-state index contributed by atoms with van der Waals surface area (Å²) in [6.07, 6.45) is 14.4. The number of unbranched alkanes of at least 4 members (excludes halogenated alkanes) is 10. The van der Waals surface area contributed by atoms with Gasteiger partial charge in [-0.25, -0.2) is 22.6 Å². The van der Waals surface area contributed by atoms with Crippen LogP contribution in [-0.4, -0.2) is 107 Å². The van der Waals surface area contributed by atoms with Crippen LogP contribution in [0.4, 0.5) is 10.2 Å². The van der Waals surface area contributed by atoms with E-state index in [0.29, 0.717) is 36.5 Å². The van der Waals surface area contributed by atoms with Gasteiger partial charge in [0.05, 0.1) is 43.5 Å². The minimum Gasteiger partial charge on any atom is -0.481 e. The van der Waals surface area contributed by atoms with Gasteiger partial charge < -0.3 is 39.2 Å². The van der Waals surface area contributed by atoms with Crippen LogP contribution < -0.4 is 14.8 Å². The van der Waals surface area contributed by atoms with Crippen LogP contribution in [0.25, 0.3) is 0 Å². The first-order valence-corrected chi connectivity index (χ1v) is 23.0. The minimum atomic E-state index is -4.02. The molecule has 0 saturated heterocycles. The summed E-state index contributed by atoms with van der Waals surface area (Å²) in [6.45, 7) is 1.11. The summed E-state index contributed by atoms with van der Waals surface area (Å²) in [5.41, 5.74) is 0.774. The zero-order chi connectivity index (χ0) is 45.5. The Kier molecular flexibility index (Phi) is 25.7. The molecule has 1 heterocycles. The Bertz CT molecular complexity index is 1920. The summed E-state index contributed by atoms with van der Waals surface area (Å²) in [7, 11) is -4.02. The third-order valence-electron chi connectivity index (χ3n) is 9.50. The predicted octanol–water partition coefficient (Wildman–Crippen LogP) is 7.35. The Morgan fingerprint density at radius 2 is 1.22 bits per heavy atom. The van der Waals surface area contributed by atoms with Crippen molar-refractivity contribution in [2.45, 2.75) is 101 Å². The zero-order valence-corrected chi connectivity index (χ0v) is 36.7. The molecule has 16 nitrogen and oxygen atoms in total. The van der Waals surface area contributed by atoms with Crippen LogP contribution in [0.1, 0.15) is 106 Å². The van der Waals surface area contributed by atoms with E-state index in [-0.39, 0.29) is 93.5 Å². The number of carbonyl (C=O) groups excluding carboxylic acids is 2. The Hall–Kier alpha value is -5.01. The number of ether oxygens (including phenoxy) is 5. The number of carbonyl (C=O) groups is 4. The van der Waals surface area contributed by atoms with E-state index < -0.39 is 27.9 Å². The van der Waals surface area contributed by atoms with E-state index >= 15 is 0 Å². The molecule has 0 bridgehead atoms. The molecule has 3 aromatic rings. The molecular weight excluding hydrogens is 842 g/mol. The third kappa shape index (κ3) is 23.9. The summed E-state index contributed by atoms with van der Waals surface area (Å²) < 4.78 is 69.9. The lowest BCUT2D eigenvalue weighted by atomic mass is 10.0. The van der Waals surface area contributed by atoms with Gasteiger partial charge in [0.15, 0.2) is 5.78 Å². The first-order chi connectivity index (χ1) is 30.4. The van der Waals surface area contributed by atoms with E-state index in [2.05, 4.69) is 15.0 Å². The van der Waals surface area contributed by atoms with Crippen LogP contribution in [-0.2, 0) is 49.8 Å². The van der Waals surface area contributed by atoms with Crippen molar-refractivity contribution in [3.05, 3.63) is 77.7 Å². The van der Waals surface area contributed by atoms with Gasteiger partial charge in [0.1, 0.15) is 36.3 Å². The molecule has 0 fully saturated rings. The van der Waals surface area contributed by atoms with Gasteiger partial charge in [-0.05, 0) is 85.8 Å². The highest BCUT2D eigenvalue weighted by atomic mass is 32.2. The maximum Gasteiger partial charge on any atom is 0.329 e. The van der Waals surface area contributed by atoms with Crippen molar-refractivity contribution >= 4 is 39.5 Å². The molecule has 0 aliphatic rings. The monoisotopic (exact) mass is 903 g/mol. The first-order valence-electron chi connectivity index (χ1n) is 21.5. The maximum atomic E-state index is 14.6. The lowest BCUT2D eigenvalue weighted by Crippen LogP contribution is -2.28. The van der Waals surface area contributed by atoms with Crippen LogP contribution >= 0.6 is 0 Å². The van der Waals surface area contributed by atoms with E-state index in [1.165, 1.54) is 74.0 Å². The Balaban J connectivity index is 1.27. The largest absolute Gasteiger partial charge is 0.481 e. The summed E-state index contributed by atoms with van der Waals surface area (Å²) in [6, 6.07) is 13.2. The highest BCUT2D eigenvalue weighted by molar-refractivity contribution is 7.92. The Morgan fingerprint density at radius 3 is 1.86 bits per heavy atom. The second-order valence-electron chi connectivity index (χ2n) is 14.8. The second kappa shape index (κ2) is 30.9. The number of ketones is 1. The number of hydrogen-bond donors (Lipinski definition) is 4. The van der Waals surface area contributed by atoms with Gasteiger partial charge in [-0.1, -0.05) is 57.8 Å². The maximum absolute atomic E-state index is 14.6. The number of Topliss-reactive ketones (excluding diaryl/α,β-unsaturated/α-hetero) is 1. The number of aliphatic carboxylic acids is 2. The molecule has 4 N–H and O–H groups in total. The van der Waals surface area contributed by atoms with Crippen molar-refractivity contribution in [2.75, 3.05) is 64.1 Å². The van der Waals surface area contributed by atoms with Gasteiger partial charge >= 0.3 is 11.9 Å². The fourth-order valence-corrected chi connectivity index (χ4v) is 7.17. The highest BCUT2D eigenvalue weighted by Gasteiger charge is 2.16. The number of sulfonamides is 1. The zero-order valence-electron chi connectivity index (χ0n) is 35.9. The molecule has 0 spiro atoms. The predicted molar refractivity (Wildman–Crippen MR) is 232 cm³/mol. The van der Waals surface area contributed by atoms with Crippen molar-refractivity contribution in [1.29, 1.82) is 0 Å². The van der Waals surface area contributed by atoms with Gasteiger partial charge in [-0.15, -0.1) is 0 Å². The number of rotatable bonds is 37. The van der Waals surface area contributed by atoms with E-state index in [1.807, 2.05) is 0 Å². The summed E-state index contributed by atoms with van der Waals surface area (Å²) >= 11 is 0. The number of nitrogens with one attached hydrogen (secondary N) is 2. The number of halogens is 1. The van der Waals surface area contributed by atoms with E-state index in [1.54, 1.807) is 6.07 Å². The lowest BCUT2D eigenvalue weighted by Gasteiger charge is -2.11. The van der Waals surface area contributed by atoms with Gasteiger partial charge in [0.25, 0.3) is 15.9 Å². The average molecular weight is 904 g/mol. The highest BCUT2D eigenvalue weighted by Crippen LogP contribution is 2.27. The number of aromatic nitrogens is 1. The van der Waals surface area contributed by atoms with Crippen molar-refractivity contribution in [2.24, 2.45) is 0 Å². The van der Waals surface area contributed by atoms with E-state index in [4.69, 9.17) is 33.9 Å². The molecule has 0 aliphatic heterocycles. The molecule has 0 aliphatic carbocycles. The molecule has 63 heavy (non-hydrogen) atoms. The molecule has 2 aromatic carbocycles. The number of nitrogens with zero attached hydrogens (tertiary/aromatic N) is 1.